The normalized spacial score (nSPS) is 18.9. The first-order valence-electron chi connectivity index (χ1n) is 7.42. The summed E-state index contributed by atoms with van der Waals surface area (Å²) >= 11 is 0. The van der Waals surface area contributed by atoms with Gasteiger partial charge in [0.2, 0.25) is 0 Å². The molecule has 5 nitrogen and oxygen atoms in total. The van der Waals surface area contributed by atoms with E-state index in [0.29, 0.717) is 18.7 Å². The van der Waals surface area contributed by atoms with Gasteiger partial charge in [-0.3, -0.25) is 0 Å². The van der Waals surface area contributed by atoms with Crippen molar-refractivity contribution in [3.63, 3.8) is 0 Å². The maximum Gasteiger partial charge on any atom is 0.183 e. The molecule has 2 N–H and O–H groups in total. The molecule has 1 aromatic carbocycles. The van der Waals surface area contributed by atoms with Crippen molar-refractivity contribution in [1.29, 1.82) is 5.26 Å². The number of nitriles is 1. The van der Waals surface area contributed by atoms with Crippen LogP contribution in [-0.2, 0) is 17.0 Å². The maximum atomic E-state index is 9.24. The monoisotopic (exact) mass is 342 g/mol. The first kappa shape index (κ1) is 18.0. The highest BCUT2D eigenvalue weighted by atomic mass is 35.5. The third-order valence-corrected chi connectivity index (χ3v) is 4.04. The number of hydrogen-bond acceptors (Lipinski definition) is 4. The predicted molar refractivity (Wildman–Crippen MR) is 95.4 cm³/mol. The molecule has 2 aromatic rings. The number of ether oxygens (including phenoxy) is 1. The van der Waals surface area contributed by atoms with Crippen LogP contribution in [0, 0.1) is 11.3 Å². The van der Waals surface area contributed by atoms with E-state index in [1.165, 1.54) is 0 Å². The molecule has 0 radical (unpaired) electrons. The van der Waals surface area contributed by atoms with Crippen LogP contribution in [0.3, 0.4) is 0 Å². The first-order valence-corrected chi connectivity index (χ1v) is 7.42. The Labute approximate surface area is 147 Å². The molecule has 0 spiro atoms. The summed E-state index contributed by atoms with van der Waals surface area (Å²) in [5.41, 5.74) is 8.17. The van der Waals surface area contributed by atoms with E-state index in [1.54, 1.807) is 17.9 Å². The minimum absolute atomic E-state index is 0. The van der Waals surface area contributed by atoms with Gasteiger partial charge in [-0.1, -0.05) is 42.5 Å². The zero-order valence-electron chi connectivity index (χ0n) is 13.3. The molecular weight excluding hydrogens is 324 g/mol. The molecule has 0 fully saturated rings. The van der Waals surface area contributed by atoms with Crippen molar-refractivity contribution in [2.75, 3.05) is 7.11 Å². The highest BCUT2D eigenvalue weighted by molar-refractivity contribution is 5.85. The van der Waals surface area contributed by atoms with E-state index >= 15 is 0 Å². The Hall–Kier alpha value is -2.39. The van der Waals surface area contributed by atoms with Crippen LogP contribution in [0.1, 0.15) is 17.7 Å². The fourth-order valence-corrected chi connectivity index (χ4v) is 2.73. The molecule has 1 aromatic heterocycles. The largest absolute Gasteiger partial charge is 0.353 e. The van der Waals surface area contributed by atoms with Crippen molar-refractivity contribution in [2.45, 2.75) is 18.7 Å². The summed E-state index contributed by atoms with van der Waals surface area (Å²) in [5.74, 6) is 0. The number of halogens is 1. The van der Waals surface area contributed by atoms with Gasteiger partial charge in [-0.2, -0.15) is 10.4 Å². The number of benzene rings is 1. The van der Waals surface area contributed by atoms with Crippen molar-refractivity contribution in [3.8, 4) is 17.3 Å². The van der Waals surface area contributed by atoms with Crippen molar-refractivity contribution in [1.82, 2.24) is 9.78 Å². The number of methoxy groups -OCH3 is 1. The Kier molecular flexibility index (Phi) is 5.58. The van der Waals surface area contributed by atoms with Crippen LogP contribution in [0.2, 0.25) is 0 Å². The van der Waals surface area contributed by atoms with E-state index in [-0.39, 0.29) is 12.4 Å². The fourth-order valence-electron chi connectivity index (χ4n) is 2.73. The lowest BCUT2D eigenvalue weighted by Crippen LogP contribution is -2.35. The molecule has 1 atom stereocenters. The predicted octanol–water partition coefficient (Wildman–Crippen LogP) is 3.12. The number of allylic oxidation sites excluding steroid dienone is 2. The van der Waals surface area contributed by atoms with E-state index in [0.717, 1.165) is 16.8 Å². The molecule has 1 heterocycles. The summed E-state index contributed by atoms with van der Waals surface area (Å²) in [6, 6.07) is 11.8. The van der Waals surface area contributed by atoms with E-state index in [4.69, 9.17) is 10.5 Å². The average Bonchev–Trinajstić information content (AvgIpc) is 3.07. The van der Waals surface area contributed by atoms with Gasteiger partial charge in [0.15, 0.2) is 11.4 Å². The first-order chi connectivity index (χ1) is 11.2. The minimum atomic E-state index is -0.717. The van der Waals surface area contributed by atoms with Gasteiger partial charge in [-0.15, -0.1) is 12.4 Å². The third kappa shape index (κ3) is 3.13. The second-order valence-electron chi connectivity index (χ2n) is 5.38. The molecule has 1 aliphatic carbocycles. The van der Waals surface area contributed by atoms with Crippen molar-refractivity contribution < 1.29 is 4.74 Å². The summed E-state index contributed by atoms with van der Waals surface area (Å²) in [4.78, 5) is 0. The van der Waals surface area contributed by atoms with E-state index in [2.05, 4.69) is 11.2 Å². The topological polar surface area (TPSA) is 76.9 Å². The van der Waals surface area contributed by atoms with Gasteiger partial charge in [0.25, 0.3) is 0 Å². The molecular formula is C18H19ClN4O. The Bertz CT molecular complexity index is 801. The van der Waals surface area contributed by atoms with Gasteiger partial charge in [0, 0.05) is 26.1 Å². The zero-order valence-corrected chi connectivity index (χ0v) is 14.2. The Morgan fingerprint density at radius 2 is 2.08 bits per heavy atom. The highest BCUT2D eigenvalue weighted by Gasteiger charge is 2.32. The van der Waals surface area contributed by atoms with Crippen LogP contribution in [-0.4, -0.2) is 16.9 Å². The van der Waals surface area contributed by atoms with Crippen molar-refractivity contribution in [2.24, 2.45) is 5.73 Å². The average molecular weight is 343 g/mol. The van der Waals surface area contributed by atoms with Crippen LogP contribution < -0.4 is 5.73 Å². The minimum Gasteiger partial charge on any atom is -0.353 e. The summed E-state index contributed by atoms with van der Waals surface area (Å²) in [7, 11) is 1.65. The Morgan fingerprint density at radius 3 is 2.62 bits per heavy atom. The molecule has 124 valence electrons. The van der Waals surface area contributed by atoms with E-state index in [1.807, 2.05) is 48.6 Å². The quantitative estimate of drug-likeness (QED) is 0.926. The third-order valence-electron chi connectivity index (χ3n) is 4.04. The second kappa shape index (κ2) is 7.45. The summed E-state index contributed by atoms with van der Waals surface area (Å²) < 4.78 is 7.54. The van der Waals surface area contributed by atoms with Crippen LogP contribution >= 0.6 is 12.4 Å². The zero-order chi connectivity index (χ0) is 16.3. The van der Waals surface area contributed by atoms with Crippen molar-refractivity contribution in [3.05, 3.63) is 65.9 Å². The van der Waals surface area contributed by atoms with Gasteiger partial charge >= 0.3 is 0 Å². The maximum absolute atomic E-state index is 9.24. The lowest BCUT2D eigenvalue weighted by Gasteiger charge is -2.31. The Morgan fingerprint density at radius 1 is 1.33 bits per heavy atom. The second-order valence-corrected chi connectivity index (χ2v) is 5.38. The number of nitrogens with two attached hydrogens (primary N) is 1. The lowest BCUT2D eigenvalue weighted by atomic mass is 10.0. The molecule has 24 heavy (non-hydrogen) atoms. The smallest absolute Gasteiger partial charge is 0.183 e. The molecule has 0 saturated heterocycles. The van der Waals surface area contributed by atoms with Crippen LogP contribution in [0.5, 0.6) is 0 Å². The molecule has 3 rings (SSSR count). The summed E-state index contributed by atoms with van der Waals surface area (Å²) in [6.45, 7) is 0.499. The van der Waals surface area contributed by atoms with Gasteiger partial charge in [0.05, 0.1) is 5.69 Å². The van der Waals surface area contributed by atoms with Crippen molar-refractivity contribution >= 4 is 12.4 Å². The lowest BCUT2D eigenvalue weighted by molar-refractivity contribution is -0.0412. The number of hydrogen-bond donors (Lipinski definition) is 1. The highest BCUT2D eigenvalue weighted by Crippen LogP contribution is 2.33. The Balaban J connectivity index is 0.00000208. The van der Waals surface area contributed by atoms with E-state index in [9.17, 15) is 5.26 Å². The molecule has 1 aliphatic rings. The molecule has 1 unspecified atom stereocenters. The number of nitrogens with zero attached hydrogens (tertiary/aromatic N) is 3. The summed E-state index contributed by atoms with van der Waals surface area (Å²) in [6.07, 6.45) is 8.54. The summed E-state index contributed by atoms with van der Waals surface area (Å²) in [5, 5.41) is 13.7. The molecule has 0 saturated carbocycles. The standard InChI is InChI=1S/C18H18N4O.ClH/c1-23-18(9-3-2-4-10-18)22-17(11-16(13-20)21-22)15-7-5-14(12-19)6-8-15;/h2-9,11H,10,12,19H2,1H3;1H. The van der Waals surface area contributed by atoms with Gasteiger partial charge in [0.1, 0.15) is 6.07 Å². The van der Waals surface area contributed by atoms with Crippen LogP contribution in [0.4, 0.5) is 0 Å². The van der Waals surface area contributed by atoms with E-state index < -0.39 is 5.72 Å². The molecule has 0 amide bonds. The van der Waals surface area contributed by atoms with Crippen LogP contribution in [0.25, 0.3) is 11.3 Å². The fraction of sp³-hybridized carbons (Fsp3) is 0.222. The SMILES string of the molecule is COC1(n2nc(C#N)cc2-c2ccc(CN)cc2)C=CC=CC1.Cl. The number of aromatic nitrogens is 2. The molecule has 6 heteroatoms. The van der Waals surface area contributed by atoms with Crippen LogP contribution in [0.15, 0.2) is 54.6 Å². The van der Waals surface area contributed by atoms with Gasteiger partial charge in [-0.25, -0.2) is 4.68 Å². The molecule has 0 aliphatic heterocycles. The number of rotatable bonds is 4. The van der Waals surface area contributed by atoms with Gasteiger partial charge in [-0.05, 0) is 17.2 Å². The van der Waals surface area contributed by atoms with Gasteiger partial charge < -0.3 is 10.5 Å². The molecule has 0 bridgehead atoms.